The lowest BCUT2D eigenvalue weighted by atomic mass is 9.99. The van der Waals surface area contributed by atoms with Crippen LogP contribution in [0.1, 0.15) is 28.5 Å². The SMILES string of the molecule is COc1nccnc1C(O)c1ccc(C)cc1C. The Balaban J connectivity index is 2.44. The zero-order chi connectivity index (χ0) is 13.1. The van der Waals surface area contributed by atoms with E-state index in [1.807, 2.05) is 32.0 Å². The van der Waals surface area contributed by atoms with Crippen LogP contribution in [0.2, 0.25) is 0 Å². The third kappa shape index (κ3) is 2.33. The highest BCUT2D eigenvalue weighted by Gasteiger charge is 2.19. The summed E-state index contributed by atoms with van der Waals surface area (Å²) in [5, 5.41) is 10.4. The van der Waals surface area contributed by atoms with E-state index in [4.69, 9.17) is 4.74 Å². The van der Waals surface area contributed by atoms with Crippen molar-refractivity contribution in [1.29, 1.82) is 0 Å². The fourth-order valence-corrected chi connectivity index (χ4v) is 1.96. The second kappa shape index (κ2) is 5.14. The molecule has 0 saturated heterocycles. The monoisotopic (exact) mass is 244 g/mol. The van der Waals surface area contributed by atoms with E-state index in [2.05, 4.69) is 9.97 Å². The first kappa shape index (κ1) is 12.5. The highest BCUT2D eigenvalue weighted by Crippen LogP contribution is 2.28. The number of ether oxygens (including phenoxy) is 1. The molecule has 0 amide bonds. The Labute approximate surface area is 106 Å². The Hall–Kier alpha value is -1.94. The van der Waals surface area contributed by atoms with Crippen LogP contribution in [0.4, 0.5) is 0 Å². The minimum absolute atomic E-state index is 0.352. The number of aryl methyl sites for hydroxylation is 2. The van der Waals surface area contributed by atoms with Crippen molar-refractivity contribution in [2.45, 2.75) is 20.0 Å². The summed E-state index contributed by atoms with van der Waals surface area (Å²) in [6.45, 7) is 3.99. The molecule has 1 aromatic heterocycles. The molecule has 94 valence electrons. The van der Waals surface area contributed by atoms with Gasteiger partial charge in [-0.15, -0.1) is 0 Å². The zero-order valence-corrected chi connectivity index (χ0v) is 10.7. The van der Waals surface area contributed by atoms with Crippen molar-refractivity contribution in [3.63, 3.8) is 0 Å². The largest absolute Gasteiger partial charge is 0.480 e. The fraction of sp³-hybridized carbons (Fsp3) is 0.286. The zero-order valence-electron chi connectivity index (χ0n) is 10.7. The number of methoxy groups -OCH3 is 1. The van der Waals surface area contributed by atoms with E-state index in [1.165, 1.54) is 13.3 Å². The Morgan fingerprint density at radius 1 is 1.17 bits per heavy atom. The molecule has 18 heavy (non-hydrogen) atoms. The van der Waals surface area contributed by atoms with Gasteiger partial charge in [-0.25, -0.2) is 4.98 Å². The molecular formula is C14H16N2O2. The van der Waals surface area contributed by atoms with Crippen molar-refractivity contribution in [3.05, 3.63) is 53.0 Å². The summed E-state index contributed by atoms with van der Waals surface area (Å²) >= 11 is 0. The van der Waals surface area contributed by atoms with E-state index in [0.29, 0.717) is 11.6 Å². The highest BCUT2D eigenvalue weighted by molar-refractivity contribution is 5.37. The molecule has 4 heteroatoms. The number of aromatic nitrogens is 2. The molecule has 4 nitrogen and oxygen atoms in total. The van der Waals surface area contributed by atoms with Crippen LogP contribution in [-0.4, -0.2) is 22.2 Å². The smallest absolute Gasteiger partial charge is 0.238 e. The molecule has 1 heterocycles. The molecule has 2 aromatic rings. The first-order chi connectivity index (χ1) is 8.63. The predicted octanol–water partition coefficient (Wildman–Crippen LogP) is 2.18. The summed E-state index contributed by atoms with van der Waals surface area (Å²) < 4.78 is 5.12. The van der Waals surface area contributed by atoms with E-state index < -0.39 is 6.10 Å². The van der Waals surface area contributed by atoms with Crippen molar-refractivity contribution >= 4 is 0 Å². The third-order valence-electron chi connectivity index (χ3n) is 2.86. The van der Waals surface area contributed by atoms with Crippen LogP contribution in [-0.2, 0) is 0 Å². The fourth-order valence-electron chi connectivity index (χ4n) is 1.96. The number of benzene rings is 1. The molecule has 0 radical (unpaired) electrons. The maximum Gasteiger partial charge on any atom is 0.238 e. The summed E-state index contributed by atoms with van der Waals surface area (Å²) in [6.07, 6.45) is 2.26. The van der Waals surface area contributed by atoms with Gasteiger partial charge < -0.3 is 9.84 Å². The molecule has 2 rings (SSSR count). The van der Waals surface area contributed by atoms with Crippen molar-refractivity contribution in [1.82, 2.24) is 9.97 Å². The molecular weight excluding hydrogens is 228 g/mol. The molecule has 0 spiro atoms. The molecule has 1 N–H and O–H groups in total. The van der Waals surface area contributed by atoms with Crippen LogP contribution in [0.5, 0.6) is 5.88 Å². The number of aliphatic hydroxyl groups is 1. The van der Waals surface area contributed by atoms with Crippen LogP contribution >= 0.6 is 0 Å². The minimum atomic E-state index is -0.825. The van der Waals surface area contributed by atoms with E-state index in [0.717, 1.165) is 16.7 Å². The van der Waals surface area contributed by atoms with Crippen LogP contribution in [0, 0.1) is 13.8 Å². The number of hydrogen-bond acceptors (Lipinski definition) is 4. The molecule has 0 fully saturated rings. The number of hydrogen-bond donors (Lipinski definition) is 1. The normalized spacial score (nSPS) is 12.2. The van der Waals surface area contributed by atoms with Crippen molar-refractivity contribution in [3.8, 4) is 5.88 Å². The third-order valence-corrected chi connectivity index (χ3v) is 2.86. The average molecular weight is 244 g/mol. The number of nitrogens with zero attached hydrogens (tertiary/aromatic N) is 2. The lowest BCUT2D eigenvalue weighted by Crippen LogP contribution is -2.07. The first-order valence-electron chi connectivity index (χ1n) is 5.73. The maximum atomic E-state index is 10.4. The number of aliphatic hydroxyl groups excluding tert-OH is 1. The van der Waals surface area contributed by atoms with E-state index in [9.17, 15) is 5.11 Å². The second-order valence-electron chi connectivity index (χ2n) is 4.21. The van der Waals surface area contributed by atoms with Crippen molar-refractivity contribution in [2.24, 2.45) is 0 Å². The molecule has 1 aromatic carbocycles. The van der Waals surface area contributed by atoms with Crippen molar-refractivity contribution in [2.75, 3.05) is 7.11 Å². The summed E-state index contributed by atoms with van der Waals surface area (Å²) in [7, 11) is 1.52. The van der Waals surface area contributed by atoms with Gasteiger partial charge in [0.2, 0.25) is 5.88 Å². The van der Waals surface area contributed by atoms with Crippen LogP contribution in [0.3, 0.4) is 0 Å². The van der Waals surface area contributed by atoms with Gasteiger partial charge in [0.05, 0.1) is 7.11 Å². The Morgan fingerprint density at radius 2 is 1.89 bits per heavy atom. The van der Waals surface area contributed by atoms with Gasteiger partial charge in [-0.1, -0.05) is 23.8 Å². The Morgan fingerprint density at radius 3 is 2.56 bits per heavy atom. The lowest BCUT2D eigenvalue weighted by molar-refractivity contribution is 0.207. The minimum Gasteiger partial charge on any atom is -0.480 e. The van der Waals surface area contributed by atoms with E-state index >= 15 is 0 Å². The molecule has 0 saturated carbocycles. The summed E-state index contributed by atoms with van der Waals surface area (Å²) in [6, 6.07) is 5.90. The Bertz CT molecular complexity index is 555. The lowest BCUT2D eigenvalue weighted by Gasteiger charge is -2.15. The summed E-state index contributed by atoms with van der Waals surface area (Å²) in [4.78, 5) is 8.20. The average Bonchev–Trinajstić information content (AvgIpc) is 2.38. The van der Waals surface area contributed by atoms with Gasteiger partial charge in [0, 0.05) is 12.4 Å². The molecule has 1 atom stereocenters. The topological polar surface area (TPSA) is 55.2 Å². The van der Waals surface area contributed by atoms with Gasteiger partial charge >= 0.3 is 0 Å². The quantitative estimate of drug-likeness (QED) is 0.899. The predicted molar refractivity (Wildman–Crippen MR) is 68.6 cm³/mol. The van der Waals surface area contributed by atoms with Crippen molar-refractivity contribution < 1.29 is 9.84 Å². The van der Waals surface area contributed by atoms with Crippen LogP contribution in [0.15, 0.2) is 30.6 Å². The second-order valence-corrected chi connectivity index (χ2v) is 4.21. The van der Waals surface area contributed by atoms with Gasteiger partial charge in [0.15, 0.2) is 0 Å². The maximum absolute atomic E-state index is 10.4. The van der Waals surface area contributed by atoms with Gasteiger partial charge in [0.1, 0.15) is 11.8 Å². The van der Waals surface area contributed by atoms with Crippen LogP contribution in [0.25, 0.3) is 0 Å². The van der Waals surface area contributed by atoms with E-state index in [-0.39, 0.29) is 0 Å². The standard InChI is InChI=1S/C14H16N2O2/c1-9-4-5-11(10(2)8-9)13(17)12-14(18-3)16-7-6-15-12/h4-8,13,17H,1-3H3. The van der Waals surface area contributed by atoms with Gasteiger partial charge in [-0.3, -0.25) is 4.98 Å². The Kier molecular flexibility index (Phi) is 3.58. The molecule has 0 aliphatic heterocycles. The van der Waals surface area contributed by atoms with Gasteiger partial charge in [-0.2, -0.15) is 0 Å². The highest BCUT2D eigenvalue weighted by atomic mass is 16.5. The molecule has 0 aliphatic carbocycles. The first-order valence-corrected chi connectivity index (χ1v) is 5.73. The summed E-state index contributed by atoms with van der Waals surface area (Å²) in [5.74, 6) is 0.352. The molecule has 0 bridgehead atoms. The molecule has 0 aliphatic rings. The summed E-state index contributed by atoms with van der Waals surface area (Å²) in [5.41, 5.74) is 3.44. The van der Waals surface area contributed by atoms with Gasteiger partial charge in [0.25, 0.3) is 0 Å². The van der Waals surface area contributed by atoms with Crippen LogP contribution < -0.4 is 4.74 Å². The van der Waals surface area contributed by atoms with Gasteiger partial charge in [-0.05, 0) is 25.0 Å². The number of rotatable bonds is 3. The molecule has 1 unspecified atom stereocenters. The van der Waals surface area contributed by atoms with E-state index in [1.54, 1.807) is 6.20 Å².